The van der Waals surface area contributed by atoms with E-state index in [1.165, 1.54) is 0 Å². The van der Waals surface area contributed by atoms with Crippen LogP contribution in [0, 0.1) is 0 Å². The number of pyridine rings is 1. The summed E-state index contributed by atoms with van der Waals surface area (Å²) in [6, 6.07) is 3.66. The fourth-order valence-corrected chi connectivity index (χ4v) is 2.22. The van der Waals surface area contributed by atoms with E-state index in [0.29, 0.717) is 30.1 Å². The van der Waals surface area contributed by atoms with Crippen LogP contribution in [0.1, 0.15) is 6.92 Å². The highest BCUT2D eigenvalue weighted by molar-refractivity contribution is 5.78. The monoisotopic (exact) mass is 274 g/mol. The number of aliphatic carboxylic acids is 1. The summed E-state index contributed by atoms with van der Waals surface area (Å²) in [6.45, 7) is 2.77. The molecule has 3 heterocycles. The zero-order chi connectivity index (χ0) is 14.2. The van der Waals surface area contributed by atoms with Crippen LogP contribution < -0.4 is 4.90 Å². The number of fused-ring (bicyclic) bond motifs is 1. The molecule has 3 rings (SSSR count). The fraction of sp³-hybridized carbons (Fsp3) is 0.385. The summed E-state index contributed by atoms with van der Waals surface area (Å²) in [5.41, 5.74) is 0.0519. The standard InChI is InChI=1S/C13H14N4O3/c1-13(12(18)19)8-17(6-7-20-13)10-3-2-9-11(16-10)15-5-4-14-9/h2-5H,6-8H2,1H3,(H,18,19). The van der Waals surface area contributed by atoms with Gasteiger partial charge in [0.15, 0.2) is 11.2 Å². The highest BCUT2D eigenvalue weighted by Crippen LogP contribution is 2.23. The van der Waals surface area contributed by atoms with Gasteiger partial charge in [-0.05, 0) is 19.1 Å². The Bertz CT molecular complexity index is 663. The lowest BCUT2D eigenvalue weighted by Gasteiger charge is -2.38. The quantitative estimate of drug-likeness (QED) is 0.862. The first-order valence-electron chi connectivity index (χ1n) is 6.28. The van der Waals surface area contributed by atoms with Gasteiger partial charge in [-0.1, -0.05) is 0 Å². The molecule has 2 aromatic rings. The van der Waals surface area contributed by atoms with Crippen molar-refractivity contribution in [2.24, 2.45) is 0 Å². The van der Waals surface area contributed by atoms with E-state index < -0.39 is 11.6 Å². The molecule has 1 saturated heterocycles. The second-order valence-electron chi connectivity index (χ2n) is 4.87. The molecule has 0 spiro atoms. The number of aromatic nitrogens is 3. The number of nitrogens with zero attached hydrogens (tertiary/aromatic N) is 4. The Morgan fingerprint density at radius 2 is 2.20 bits per heavy atom. The number of hydrogen-bond donors (Lipinski definition) is 1. The molecule has 1 unspecified atom stereocenters. The molecule has 0 aromatic carbocycles. The molecule has 104 valence electrons. The summed E-state index contributed by atoms with van der Waals surface area (Å²) >= 11 is 0. The molecule has 20 heavy (non-hydrogen) atoms. The maximum Gasteiger partial charge on any atom is 0.337 e. The molecule has 2 aromatic heterocycles. The molecule has 0 bridgehead atoms. The van der Waals surface area contributed by atoms with Crippen molar-refractivity contribution in [2.45, 2.75) is 12.5 Å². The van der Waals surface area contributed by atoms with Crippen molar-refractivity contribution in [1.29, 1.82) is 0 Å². The SMILES string of the molecule is CC1(C(=O)O)CN(c2ccc3nccnc3n2)CCO1. The topological polar surface area (TPSA) is 88.4 Å². The van der Waals surface area contributed by atoms with Gasteiger partial charge in [-0.3, -0.25) is 4.98 Å². The second kappa shape index (κ2) is 4.68. The highest BCUT2D eigenvalue weighted by Gasteiger charge is 2.39. The van der Waals surface area contributed by atoms with Crippen LogP contribution in [0.2, 0.25) is 0 Å². The lowest BCUT2D eigenvalue weighted by molar-refractivity contribution is -0.164. The largest absolute Gasteiger partial charge is 0.479 e. The van der Waals surface area contributed by atoms with E-state index in [1.807, 2.05) is 17.0 Å². The third-order valence-electron chi connectivity index (χ3n) is 3.37. The first-order chi connectivity index (χ1) is 9.58. The zero-order valence-corrected chi connectivity index (χ0v) is 11.0. The lowest BCUT2D eigenvalue weighted by Crippen LogP contribution is -2.55. The minimum Gasteiger partial charge on any atom is -0.479 e. The molecule has 1 fully saturated rings. The summed E-state index contributed by atoms with van der Waals surface area (Å²) in [5.74, 6) is -0.281. The molecule has 0 saturated carbocycles. The van der Waals surface area contributed by atoms with Crippen molar-refractivity contribution in [3.8, 4) is 0 Å². The molecule has 1 aliphatic rings. The third kappa shape index (κ3) is 2.16. The first kappa shape index (κ1) is 12.7. The fourth-order valence-electron chi connectivity index (χ4n) is 2.22. The van der Waals surface area contributed by atoms with Crippen LogP contribution in [0.5, 0.6) is 0 Å². The number of carboxylic acid groups (broad SMARTS) is 1. The predicted molar refractivity (Wildman–Crippen MR) is 71.5 cm³/mol. The average molecular weight is 274 g/mol. The van der Waals surface area contributed by atoms with Gasteiger partial charge in [-0.2, -0.15) is 0 Å². The smallest absolute Gasteiger partial charge is 0.337 e. The van der Waals surface area contributed by atoms with Crippen LogP contribution in [0.25, 0.3) is 11.2 Å². The second-order valence-corrected chi connectivity index (χ2v) is 4.87. The Morgan fingerprint density at radius 1 is 1.40 bits per heavy atom. The van der Waals surface area contributed by atoms with Gasteiger partial charge in [0.05, 0.1) is 13.2 Å². The Kier molecular flexibility index (Phi) is 2.98. The van der Waals surface area contributed by atoms with Crippen LogP contribution in [0.3, 0.4) is 0 Å². The number of rotatable bonds is 2. The summed E-state index contributed by atoms with van der Waals surface area (Å²) in [4.78, 5) is 25.9. The van der Waals surface area contributed by atoms with Crippen molar-refractivity contribution in [3.63, 3.8) is 0 Å². The zero-order valence-electron chi connectivity index (χ0n) is 11.0. The molecule has 1 N–H and O–H groups in total. The first-order valence-corrected chi connectivity index (χ1v) is 6.28. The van der Waals surface area contributed by atoms with E-state index in [9.17, 15) is 9.90 Å². The van der Waals surface area contributed by atoms with E-state index in [1.54, 1.807) is 19.3 Å². The Hall–Kier alpha value is -2.28. The molecular formula is C13H14N4O3. The van der Waals surface area contributed by atoms with Gasteiger partial charge in [0.1, 0.15) is 11.3 Å². The van der Waals surface area contributed by atoms with Crippen molar-refractivity contribution in [3.05, 3.63) is 24.5 Å². The summed E-state index contributed by atoms with van der Waals surface area (Å²) < 4.78 is 5.37. The molecule has 0 radical (unpaired) electrons. The third-order valence-corrected chi connectivity index (χ3v) is 3.37. The van der Waals surface area contributed by atoms with E-state index in [-0.39, 0.29) is 6.54 Å². The molecule has 7 nitrogen and oxygen atoms in total. The lowest BCUT2D eigenvalue weighted by atomic mass is 10.0. The maximum absolute atomic E-state index is 11.3. The van der Waals surface area contributed by atoms with Gasteiger partial charge >= 0.3 is 5.97 Å². The minimum atomic E-state index is -1.21. The molecule has 0 aliphatic carbocycles. The van der Waals surface area contributed by atoms with E-state index in [0.717, 1.165) is 0 Å². The van der Waals surface area contributed by atoms with Gasteiger partial charge in [0.2, 0.25) is 0 Å². The molecule has 0 amide bonds. The van der Waals surface area contributed by atoms with Gasteiger partial charge in [0, 0.05) is 18.9 Å². The Labute approximate surface area is 115 Å². The number of carbonyl (C=O) groups is 1. The summed E-state index contributed by atoms with van der Waals surface area (Å²) in [7, 11) is 0. The van der Waals surface area contributed by atoms with Gasteiger partial charge in [-0.15, -0.1) is 0 Å². The van der Waals surface area contributed by atoms with Crippen LogP contribution in [0.4, 0.5) is 5.82 Å². The van der Waals surface area contributed by atoms with Crippen LogP contribution in [-0.4, -0.2) is 51.3 Å². The predicted octanol–water partition coefficient (Wildman–Crippen LogP) is 0.705. The number of anilines is 1. The molecular weight excluding hydrogens is 260 g/mol. The number of ether oxygens (including phenoxy) is 1. The Morgan fingerprint density at radius 3 is 3.00 bits per heavy atom. The molecule has 1 aliphatic heterocycles. The number of morpholine rings is 1. The van der Waals surface area contributed by atoms with Crippen LogP contribution in [0.15, 0.2) is 24.5 Å². The summed E-state index contributed by atoms with van der Waals surface area (Å²) in [6.07, 6.45) is 3.19. The van der Waals surface area contributed by atoms with E-state index in [4.69, 9.17) is 4.74 Å². The van der Waals surface area contributed by atoms with E-state index in [2.05, 4.69) is 15.0 Å². The van der Waals surface area contributed by atoms with Crippen molar-refractivity contribution in [2.75, 3.05) is 24.6 Å². The highest BCUT2D eigenvalue weighted by atomic mass is 16.5. The van der Waals surface area contributed by atoms with Gasteiger partial charge in [0.25, 0.3) is 0 Å². The van der Waals surface area contributed by atoms with Gasteiger partial charge < -0.3 is 14.7 Å². The van der Waals surface area contributed by atoms with Crippen molar-refractivity contribution < 1.29 is 14.6 Å². The summed E-state index contributed by atoms with van der Waals surface area (Å²) in [5, 5.41) is 9.24. The van der Waals surface area contributed by atoms with Crippen LogP contribution >= 0.6 is 0 Å². The maximum atomic E-state index is 11.3. The van der Waals surface area contributed by atoms with Gasteiger partial charge in [-0.25, -0.2) is 14.8 Å². The normalized spacial score (nSPS) is 22.9. The molecule has 1 atom stereocenters. The number of hydrogen-bond acceptors (Lipinski definition) is 6. The van der Waals surface area contributed by atoms with E-state index >= 15 is 0 Å². The number of carboxylic acids is 1. The Balaban J connectivity index is 1.92. The van der Waals surface area contributed by atoms with Crippen LogP contribution in [-0.2, 0) is 9.53 Å². The van der Waals surface area contributed by atoms with Crippen molar-refractivity contribution >= 4 is 23.0 Å². The minimum absolute atomic E-state index is 0.251. The molecule has 7 heteroatoms. The average Bonchev–Trinajstić information content (AvgIpc) is 2.46. The van der Waals surface area contributed by atoms with Crippen molar-refractivity contribution in [1.82, 2.24) is 15.0 Å².